The maximum atomic E-state index is 5.01. The first-order chi connectivity index (χ1) is 8.31. The normalized spacial score (nSPS) is 27.0. The molecule has 0 saturated carbocycles. The van der Waals surface area contributed by atoms with Crippen LogP contribution in [-0.2, 0) is 6.54 Å². The van der Waals surface area contributed by atoms with Gasteiger partial charge in [0.05, 0.1) is 6.54 Å². The SMILES string of the molecule is Cc1nc(CN2CC[C@@H]3NCCC[C@@H]3C2)no1.Cl.Cl. The molecule has 2 atom stereocenters. The second-order valence-electron chi connectivity index (χ2n) is 5.22. The zero-order valence-corrected chi connectivity index (χ0v) is 12.8. The maximum Gasteiger partial charge on any atom is 0.223 e. The van der Waals surface area contributed by atoms with Crippen molar-refractivity contribution in [1.82, 2.24) is 20.4 Å². The molecule has 2 saturated heterocycles. The van der Waals surface area contributed by atoms with E-state index in [1.807, 2.05) is 6.92 Å². The largest absolute Gasteiger partial charge is 0.340 e. The number of aromatic nitrogens is 2. The van der Waals surface area contributed by atoms with Crippen LogP contribution >= 0.6 is 24.8 Å². The lowest BCUT2D eigenvalue weighted by atomic mass is 9.85. The molecule has 2 aliphatic heterocycles. The summed E-state index contributed by atoms with van der Waals surface area (Å²) in [5, 5.41) is 7.60. The topological polar surface area (TPSA) is 54.2 Å². The highest BCUT2D eigenvalue weighted by Gasteiger charge is 2.31. The molecular weight excluding hydrogens is 287 g/mol. The lowest BCUT2D eigenvalue weighted by Crippen LogP contribution is -2.51. The van der Waals surface area contributed by atoms with E-state index in [9.17, 15) is 0 Å². The summed E-state index contributed by atoms with van der Waals surface area (Å²) in [6.45, 7) is 6.19. The van der Waals surface area contributed by atoms with E-state index in [1.165, 1.54) is 32.4 Å². The van der Waals surface area contributed by atoms with Crippen molar-refractivity contribution >= 4 is 24.8 Å². The van der Waals surface area contributed by atoms with Crippen molar-refractivity contribution in [2.45, 2.75) is 38.8 Å². The van der Waals surface area contributed by atoms with E-state index in [4.69, 9.17) is 4.52 Å². The summed E-state index contributed by atoms with van der Waals surface area (Å²) in [5.41, 5.74) is 0. The van der Waals surface area contributed by atoms with Crippen LogP contribution in [0.2, 0.25) is 0 Å². The first-order valence-electron chi connectivity index (χ1n) is 6.56. The van der Waals surface area contributed by atoms with Gasteiger partial charge in [-0.25, -0.2) is 0 Å². The van der Waals surface area contributed by atoms with E-state index in [2.05, 4.69) is 20.4 Å². The van der Waals surface area contributed by atoms with E-state index < -0.39 is 0 Å². The van der Waals surface area contributed by atoms with Crippen LogP contribution in [0.3, 0.4) is 0 Å². The summed E-state index contributed by atoms with van der Waals surface area (Å²) in [4.78, 5) is 6.73. The Labute approximate surface area is 126 Å². The number of nitrogens with zero attached hydrogens (tertiary/aromatic N) is 3. The average molecular weight is 309 g/mol. The number of hydrogen-bond donors (Lipinski definition) is 1. The van der Waals surface area contributed by atoms with Crippen molar-refractivity contribution in [2.24, 2.45) is 5.92 Å². The fraction of sp³-hybridized carbons (Fsp3) is 0.833. The Bertz CT molecular complexity index is 388. The molecule has 0 radical (unpaired) electrons. The Morgan fingerprint density at radius 2 is 2.21 bits per heavy atom. The molecule has 7 heteroatoms. The number of hydrogen-bond acceptors (Lipinski definition) is 5. The third-order valence-corrected chi connectivity index (χ3v) is 3.91. The summed E-state index contributed by atoms with van der Waals surface area (Å²) >= 11 is 0. The van der Waals surface area contributed by atoms with Gasteiger partial charge in [-0.1, -0.05) is 5.16 Å². The fourth-order valence-corrected chi connectivity index (χ4v) is 3.07. The predicted octanol–water partition coefficient (Wildman–Crippen LogP) is 1.80. The minimum Gasteiger partial charge on any atom is -0.340 e. The Morgan fingerprint density at radius 3 is 2.95 bits per heavy atom. The minimum absolute atomic E-state index is 0. The van der Waals surface area contributed by atoms with Gasteiger partial charge in [0.1, 0.15) is 0 Å². The average Bonchev–Trinajstić information content (AvgIpc) is 2.75. The maximum absolute atomic E-state index is 5.01. The van der Waals surface area contributed by atoms with E-state index in [-0.39, 0.29) is 24.8 Å². The van der Waals surface area contributed by atoms with Crippen LogP contribution < -0.4 is 5.32 Å². The van der Waals surface area contributed by atoms with E-state index >= 15 is 0 Å². The zero-order valence-electron chi connectivity index (χ0n) is 11.2. The lowest BCUT2D eigenvalue weighted by molar-refractivity contribution is 0.106. The van der Waals surface area contributed by atoms with Gasteiger partial charge in [0, 0.05) is 26.1 Å². The standard InChI is InChI=1S/C12H20N4O.2ClH/c1-9-14-12(15-17-9)8-16-6-4-11-10(7-16)3-2-5-13-11;;/h10-11,13H,2-8H2,1H3;2*1H/t10-,11+;;/m1../s1. The van der Waals surface area contributed by atoms with Gasteiger partial charge in [0.2, 0.25) is 5.89 Å². The number of fused-ring (bicyclic) bond motifs is 1. The molecule has 3 rings (SSSR count). The van der Waals surface area contributed by atoms with Gasteiger partial charge in [-0.05, 0) is 31.7 Å². The number of likely N-dealkylation sites (tertiary alicyclic amines) is 1. The first kappa shape index (κ1) is 16.7. The Kier molecular flexibility index (Phi) is 6.53. The Morgan fingerprint density at radius 1 is 1.37 bits per heavy atom. The molecule has 2 aliphatic rings. The molecule has 19 heavy (non-hydrogen) atoms. The summed E-state index contributed by atoms with van der Waals surface area (Å²) in [5.74, 6) is 2.30. The Balaban J connectivity index is 0.000000902. The third-order valence-electron chi connectivity index (χ3n) is 3.91. The first-order valence-corrected chi connectivity index (χ1v) is 6.56. The second-order valence-corrected chi connectivity index (χ2v) is 5.22. The molecular formula is C12H22Cl2N4O. The lowest BCUT2D eigenvalue weighted by Gasteiger charge is -2.41. The molecule has 5 nitrogen and oxygen atoms in total. The molecule has 0 aromatic carbocycles. The van der Waals surface area contributed by atoms with Crippen LogP contribution in [0.15, 0.2) is 4.52 Å². The molecule has 110 valence electrons. The van der Waals surface area contributed by atoms with Crippen LogP contribution in [-0.4, -0.2) is 40.7 Å². The highest BCUT2D eigenvalue weighted by Crippen LogP contribution is 2.25. The highest BCUT2D eigenvalue weighted by molar-refractivity contribution is 5.85. The van der Waals surface area contributed by atoms with Gasteiger partial charge in [-0.2, -0.15) is 4.98 Å². The van der Waals surface area contributed by atoms with Crippen molar-refractivity contribution in [1.29, 1.82) is 0 Å². The van der Waals surface area contributed by atoms with E-state index in [1.54, 1.807) is 0 Å². The van der Waals surface area contributed by atoms with Crippen molar-refractivity contribution in [3.63, 3.8) is 0 Å². The smallest absolute Gasteiger partial charge is 0.223 e. The minimum atomic E-state index is 0. The zero-order chi connectivity index (χ0) is 11.7. The molecule has 0 amide bonds. The van der Waals surface area contributed by atoms with Crippen LogP contribution in [0.1, 0.15) is 31.0 Å². The molecule has 2 fully saturated rings. The summed E-state index contributed by atoms with van der Waals surface area (Å²) < 4.78 is 5.01. The van der Waals surface area contributed by atoms with Crippen LogP contribution in [0.5, 0.6) is 0 Å². The number of aryl methyl sites for hydroxylation is 1. The Hall–Kier alpha value is -0.360. The van der Waals surface area contributed by atoms with Crippen molar-refractivity contribution in [3.8, 4) is 0 Å². The molecule has 0 unspecified atom stereocenters. The molecule has 0 spiro atoms. The van der Waals surface area contributed by atoms with Gasteiger partial charge in [0.25, 0.3) is 0 Å². The molecule has 3 heterocycles. The van der Waals surface area contributed by atoms with E-state index in [0.717, 1.165) is 30.9 Å². The third kappa shape index (κ3) is 4.05. The second kappa shape index (κ2) is 7.43. The monoisotopic (exact) mass is 308 g/mol. The van der Waals surface area contributed by atoms with Crippen molar-refractivity contribution < 1.29 is 4.52 Å². The van der Waals surface area contributed by atoms with Gasteiger partial charge in [0.15, 0.2) is 5.82 Å². The van der Waals surface area contributed by atoms with Gasteiger partial charge < -0.3 is 9.84 Å². The van der Waals surface area contributed by atoms with Gasteiger partial charge in [-0.15, -0.1) is 24.8 Å². The van der Waals surface area contributed by atoms with E-state index in [0.29, 0.717) is 5.89 Å². The molecule has 1 aromatic rings. The quantitative estimate of drug-likeness (QED) is 0.903. The fourth-order valence-electron chi connectivity index (χ4n) is 3.07. The number of piperidine rings is 2. The van der Waals surface area contributed by atoms with Crippen LogP contribution in [0.25, 0.3) is 0 Å². The van der Waals surface area contributed by atoms with Crippen LogP contribution in [0.4, 0.5) is 0 Å². The summed E-state index contributed by atoms with van der Waals surface area (Å²) in [7, 11) is 0. The number of rotatable bonds is 2. The predicted molar refractivity (Wildman–Crippen MR) is 77.9 cm³/mol. The van der Waals surface area contributed by atoms with Crippen LogP contribution in [0, 0.1) is 12.8 Å². The van der Waals surface area contributed by atoms with Gasteiger partial charge in [-0.3, -0.25) is 4.90 Å². The highest BCUT2D eigenvalue weighted by atomic mass is 35.5. The molecule has 0 bridgehead atoms. The molecule has 1 N–H and O–H groups in total. The van der Waals surface area contributed by atoms with Crippen molar-refractivity contribution in [2.75, 3.05) is 19.6 Å². The summed E-state index contributed by atoms with van der Waals surface area (Å²) in [6, 6.07) is 0.743. The molecule has 1 aromatic heterocycles. The number of nitrogens with one attached hydrogen (secondary N) is 1. The van der Waals surface area contributed by atoms with Crippen molar-refractivity contribution in [3.05, 3.63) is 11.7 Å². The summed E-state index contributed by atoms with van der Waals surface area (Å²) in [6.07, 6.45) is 3.93. The number of halogens is 2. The molecule has 0 aliphatic carbocycles. The van der Waals surface area contributed by atoms with Gasteiger partial charge >= 0.3 is 0 Å².